The summed E-state index contributed by atoms with van der Waals surface area (Å²) < 4.78 is 0. The molecule has 0 atom stereocenters. The van der Waals surface area contributed by atoms with Crippen molar-refractivity contribution in [3.05, 3.63) is 0 Å². The molecule has 1 aliphatic carbocycles. The van der Waals surface area contributed by atoms with Crippen molar-refractivity contribution in [1.29, 1.82) is 0 Å². The van der Waals surface area contributed by atoms with Crippen molar-refractivity contribution < 1.29 is 0 Å². The van der Waals surface area contributed by atoms with E-state index in [4.69, 9.17) is 0 Å². The number of rotatable bonds is 7. The summed E-state index contributed by atoms with van der Waals surface area (Å²) in [6.07, 6.45) is 16.4. The molecule has 1 saturated carbocycles. The minimum atomic E-state index is 1.04. The lowest BCUT2D eigenvalue weighted by molar-refractivity contribution is 0.294. The van der Waals surface area contributed by atoms with E-state index in [1.54, 1.807) is 0 Å². The zero-order valence-electron chi connectivity index (χ0n) is 10.9. The predicted octanol–water partition coefficient (Wildman–Crippen LogP) is 5.56. The summed E-state index contributed by atoms with van der Waals surface area (Å²) >= 11 is 0. The first-order valence-electron chi connectivity index (χ1n) is 7.36. The average Bonchev–Trinajstić information content (AvgIpc) is 2.28. The van der Waals surface area contributed by atoms with Crippen LogP contribution in [0.15, 0.2) is 0 Å². The highest BCUT2D eigenvalue weighted by molar-refractivity contribution is 4.68. The summed E-state index contributed by atoms with van der Waals surface area (Å²) in [5, 5.41) is 0. The molecule has 0 aromatic rings. The molecule has 0 unspecified atom stereocenters. The molecule has 0 aromatic carbocycles. The van der Waals surface area contributed by atoms with E-state index in [9.17, 15) is 0 Å². The van der Waals surface area contributed by atoms with Crippen molar-refractivity contribution >= 4 is 0 Å². The summed E-state index contributed by atoms with van der Waals surface area (Å²) in [7, 11) is 0. The fraction of sp³-hybridized carbons (Fsp3) is 1.00. The van der Waals surface area contributed by atoms with Gasteiger partial charge in [0.2, 0.25) is 0 Å². The van der Waals surface area contributed by atoms with E-state index in [-0.39, 0.29) is 0 Å². The molecule has 0 amide bonds. The highest BCUT2D eigenvalue weighted by atomic mass is 14.2. The second-order valence-electron chi connectivity index (χ2n) is 5.52. The van der Waals surface area contributed by atoms with Gasteiger partial charge in [-0.05, 0) is 11.8 Å². The number of hydrogen-bond acceptors (Lipinski definition) is 0. The van der Waals surface area contributed by atoms with Gasteiger partial charge in [-0.3, -0.25) is 0 Å². The maximum absolute atomic E-state index is 2.34. The van der Waals surface area contributed by atoms with Crippen molar-refractivity contribution in [3.8, 4) is 0 Å². The lowest BCUT2D eigenvalue weighted by Gasteiger charge is -2.24. The average molecular weight is 210 g/mol. The highest BCUT2D eigenvalue weighted by Crippen LogP contribution is 2.30. The molecule has 0 saturated heterocycles. The maximum atomic E-state index is 2.34. The quantitative estimate of drug-likeness (QED) is 0.516. The summed E-state index contributed by atoms with van der Waals surface area (Å²) in [5.41, 5.74) is 0. The molecule has 0 radical (unpaired) electrons. The van der Waals surface area contributed by atoms with Crippen LogP contribution >= 0.6 is 0 Å². The van der Waals surface area contributed by atoms with Crippen LogP contribution in [-0.2, 0) is 0 Å². The second-order valence-corrected chi connectivity index (χ2v) is 5.52. The van der Waals surface area contributed by atoms with Crippen LogP contribution in [0.2, 0.25) is 0 Å². The minimum absolute atomic E-state index is 1.04. The molecule has 1 rings (SSSR count). The monoisotopic (exact) mass is 210 g/mol. The van der Waals surface area contributed by atoms with Crippen LogP contribution in [0, 0.1) is 11.8 Å². The Morgan fingerprint density at radius 2 is 1.47 bits per heavy atom. The Hall–Kier alpha value is 0. The third-order valence-electron chi connectivity index (χ3n) is 4.10. The number of hydrogen-bond donors (Lipinski definition) is 0. The van der Waals surface area contributed by atoms with Gasteiger partial charge in [0.1, 0.15) is 0 Å². The molecule has 1 aliphatic rings. The van der Waals surface area contributed by atoms with Crippen molar-refractivity contribution in [2.45, 2.75) is 84.5 Å². The van der Waals surface area contributed by atoms with Gasteiger partial charge in [-0.2, -0.15) is 0 Å². The SMILES string of the molecule is CCCC(CCC)CCC1CCCCC1. The second kappa shape index (κ2) is 8.19. The van der Waals surface area contributed by atoms with Crippen molar-refractivity contribution in [1.82, 2.24) is 0 Å². The smallest absolute Gasteiger partial charge is 0.0414 e. The third-order valence-corrected chi connectivity index (χ3v) is 4.10. The first kappa shape index (κ1) is 13.1. The Morgan fingerprint density at radius 1 is 0.867 bits per heavy atom. The Kier molecular flexibility index (Phi) is 7.13. The first-order chi connectivity index (χ1) is 7.36. The molecule has 90 valence electrons. The predicted molar refractivity (Wildman–Crippen MR) is 69.1 cm³/mol. The summed E-state index contributed by atoms with van der Waals surface area (Å²) in [5.74, 6) is 2.14. The van der Waals surface area contributed by atoms with Gasteiger partial charge >= 0.3 is 0 Å². The zero-order valence-corrected chi connectivity index (χ0v) is 10.9. The molecule has 15 heavy (non-hydrogen) atoms. The molecule has 0 spiro atoms. The fourth-order valence-corrected chi connectivity index (χ4v) is 3.20. The summed E-state index contributed by atoms with van der Waals surface area (Å²) in [6.45, 7) is 4.67. The van der Waals surface area contributed by atoms with Crippen LogP contribution in [0.4, 0.5) is 0 Å². The lowest BCUT2D eigenvalue weighted by atomic mass is 9.82. The molecular formula is C15H30. The van der Waals surface area contributed by atoms with Gasteiger partial charge in [-0.25, -0.2) is 0 Å². The summed E-state index contributed by atoms with van der Waals surface area (Å²) in [4.78, 5) is 0. The summed E-state index contributed by atoms with van der Waals surface area (Å²) in [6, 6.07) is 0. The molecule has 0 nitrogen and oxygen atoms in total. The van der Waals surface area contributed by atoms with Crippen LogP contribution in [0.25, 0.3) is 0 Å². The van der Waals surface area contributed by atoms with Gasteiger partial charge in [0, 0.05) is 0 Å². The van der Waals surface area contributed by atoms with Crippen LogP contribution in [-0.4, -0.2) is 0 Å². The highest BCUT2D eigenvalue weighted by Gasteiger charge is 2.15. The lowest BCUT2D eigenvalue weighted by Crippen LogP contribution is -2.09. The Morgan fingerprint density at radius 3 is 2.00 bits per heavy atom. The molecule has 0 aliphatic heterocycles. The third kappa shape index (κ3) is 5.58. The van der Waals surface area contributed by atoms with Crippen LogP contribution < -0.4 is 0 Å². The van der Waals surface area contributed by atoms with Crippen LogP contribution in [0.1, 0.15) is 84.5 Å². The molecule has 0 aromatic heterocycles. The van der Waals surface area contributed by atoms with Gasteiger partial charge in [0.25, 0.3) is 0 Å². The largest absolute Gasteiger partial charge is 0.0654 e. The van der Waals surface area contributed by atoms with Gasteiger partial charge < -0.3 is 0 Å². The van der Waals surface area contributed by atoms with Gasteiger partial charge in [0.05, 0.1) is 0 Å². The van der Waals surface area contributed by atoms with Crippen molar-refractivity contribution in [3.63, 3.8) is 0 Å². The molecule has 1 fully saturated rings. The van der Waals surface area contributed by atoms with E-state index in [2.05, 4.69) is 13.8 Å². The van der Waals surface area contributed by atoms with E-state index >= 15 is 0 Å². The molecule has 0 bridgehead atoms. The van der Waals surface area contributed by atoms with Crippen LogP contribution in [0.5, 0.6) is 0 Å². The van der Waals surface area contributed by atoms with Gasteiger partial charge in [0.15, 0.2) is 0 Å². The molecule has 0 N–H and O–H groups in total. The first-order valence-corrected chi connectivity index (χ1v) is 7.36. The normalized spacial score (nSPS) is 18.6. The Labute approximate surface area is 96.8 Å². The maximum Gasteiger partial charge on any atom is -0.0414 e. The van der Waals surface area contributed by atoms with Crippen LogP contribution in [0.3, 0.4) is 0 Å². The van der Waals surface area contributed by atoms with E-state index in [0.29, 0.717) is 0 Å². The topological polar surface area (TPSA) is 0 Å². The molecule has 0 heteroatoms. The molecular weight excluding hydrogens is 180 g/mol. The fourth-order valence-electron chi connectivity index (χ4n) is 3.20. The van der Waals surface area contributed by atoms with Crippen molar-refractivity contribution in [2.24, 2.45) is 11.8 Å². The van der Waals surface area contributed by atoms with E-state index in [1.807, 2.05) is 0 Å². The van der Waals surface area contributed by atoms with E-state index < -0.39 is 0 Å². The Balaban J connectivity index is 2.13. The minimum Gasteiger partial charge on any atom is -0.0654 e. The Bertz CT molecular complexity index is 127. The zero-order chi connectivity index (χ0) is 10.9. The standard InChI is InChI=1S/C15H30/c1-3-8-14(9-4-2)12-13-15-10-6-5-7-11-15/h14-15H,3-13H2,1-2H3. The molecule has 0 heterocycles. The van der Waals surface area contributed by atoms with Gasteiger partial charge in [-0.15, -0.1) is 0 Å². The van der Waals surface area contributed by atoms with Crippen molar-refractivity contribution in [2.75, 3.05) is 0 Å². The van der Waals surface area contributed by atoms with E-state index in [0.717, 1.165) is 11.8 Å². The van der Waals surface area contributed by atoms with E-state index in [1.165, 1.54) is 70.6 Å². The van der Waals surface area contributed by atoms with Gasteiger partial charge in [-0.1, -0.05) is 84.5 Å².